The van der Waals surface area contributed by atoms with Gasteiger partial charge in [0.2, 0.25) is 0 Å². The highest BCUT2D eigenvalue weighted by Gasteiger charge is 2.43. The average Bonchev–Trinajstić information content (AvgIpc) is 2.99. The van der Waals surface area contributed by atoms with Crippen LogP contribution in [0.25, 0.3) is 5.57 Å². The van der Waals surface area contributed by atoms with E-state index in [1.165, 1.54) is 17.0 Å². The number of hydrogen-bond donors (Lipinski definition) is 1. The maximum absolute atomic E-state index is 13.6. The van der Waals surface area contributed by atoms with Crippen LogP contribution in [0.5, 0.6) is 0 Å². The molecular weight excluding hydrogens is 397 g/mol. The van der Waals surface area contributed by atoms with Crippen molar-refractivity contribution >= 4 is 23.1 Å². The van der Waals surface area contributed by atoms with Crippen LogP contribution in [0.1, 0.15) is 16.7 Å². The summed E-state index contributed by atoms with van der Waals surface area (Å²) in [5, 5.41) is 9.19. The SMILES string of the molecule is Cc1cc(C)cc(N2C(=O)C(c3ccc(F)cc3)=C(N3CCN(CCO)CC3)C2=O)c1. The molecule has 0 spiro atoms. The summed E-state index contributed by atoms with van der Waals surface area (Å²) in [5.74, 6) is -1.15. The molecule has 1 N–H and O–H groups in total. The van der Waals surface area contributed by atoms with Crippen molar-refractivity contribution in [3.8, 4) is 0 Å². The van der Waals surface area contributed by atoms with Crippen LogP contribution < -0.4 is 4.90 Å². The van der Waals surface area contributed by atoms with Crippen LogP contribution in [0.4, 0.5) is 10.1 Å². The van der Waals surface area contributed by atoms with E-state index in [1.54, 1.807) is 12.1 Å². The molecule has 1 saturated heterocycles. The molecule has 0 radical (unpaired) electrons. The van der Waals surface area contributed by atoms with Gasteiger partial charge in [-0.15, -0.1) is 0 Å². The Bertz CT molecular complexity index is 1020. The second kappa shape index (κ2) is 8.61. The number of hydrogen-bond acceptors (Lipinski definition) is 5. The highest BCUT2D eigenvalue weighted by Crippen LogP contribution is 2.35. The lowest BCUT2D eigenvalue weighted by Gasteiger charge is -2.36. The van der Waals surface area contributed by atoms with Gasteiger partial charge in [0.25, 0.3) is 11.8 Å². The van der Waals surface area contributed by atoms with Gasteiger partial charge in [0.05, 0.1) is 17.9 Å². The first-order chi connectivity index (χ1) is 14.9. The first-order valence-electron chi connectivity index (χ1n) is 10.4. The van der Waals surface area contributed by atoms with Gasteiger partial charge >= 0.3 is 0 Å². The number of aryl methyl sites for hydroxylation is 2. The number of aliphatic hydroxyl groups is 1. The van der Waals surface area contributed by atoms with Gasteiger partial charge in [-0.25, -0.2) is 9.29 Å². The van der Waals surface area contributed by atoms with Gasteiger partial charge in [-0.2, -0.15) is 0 Å². The summed E-state index contributed by atoms with van der Waals surface area (Å²) in [6, 6.07) is 11.3. The summed E-state index contributed by atoms with van der Waals surface area (Å²) in [6.45, 7) is 7.03. The van der Waals surface area contributed by atoms with E-state index in [2.05, 4.69) is 4.90 Å². The number of carbonyl (C=O) groups is 2. The molecule has 2 heterocycles. The molecule has 2 aromatic carbocycles. The van der Waals surface area contributed by atoms with Crippen molar-refractivity contribution in [3.05, 3.63) is 70.7 Å². The second-order valence-corrected chi connectivity index (χ2v) is 8.07. The van der Waals surface area contributed by atoms with Gasteiger partial charge in [-0.05, 0) is 54.8 Å². The van der Waals surface area contributed by atoms with E-state index in [4.69, 9.17) is 0 Å². The van der Waals surface area contributed by atoms with Crippen molar-refractivity contribution in [1.29, 1.82) is 0 Å². The molecule has 0 aromatic heterocycles. The topological polar surface area (TPSA) is 64.1 Å². The lowest BCUT2D eigenvalue weighted by atomic mass is 10.0. The van der Waals surface area contributed by atoms with Gasteiger partial charge in [0.15, 0.2) is 0 Å². The van der Waals surface area contributed by atoms with E-state index < -0.39 is 11.7 Å². The molecule has 0 aliphatic carbocycles. The largest absolute Gasteiger partial charge is 0.395 e. The van der Waals surface area contributed by atoms with Crippen molar-refractivity contribution in [2.45, 2.75) is 13.8 Å². The van der Waals surface area contributed by atoms with Gasteiger partial charge in [0, 0.05) is 32.7 Å². The number of amides is 2. The molecule has 2 aliphatic heterocycles. The van der Waals surface area contributed by atoms with Gasteiger partial charge in [0.1, 0.15) is 11.5 Å². The van der Waals surface area contributed by atoms with Crippen LogP contribution >= 0.6 is 0 Å². The van der Waals surface area contributed by atoms with Gasteiger partial charge in [-0.1, -0.05) is 18.2 Å². The molecular formula is C24H26FN3O3. The predicted octanol–water partition coefficient (Wildman–Crippen LogP) is 2.34. The predicted molar refractivity (Wildman–Crippen MR) is 117 cm³/mol. The summed E-state index contributed by atoms with van der Waals surface area (Å²) in [4.78, 5) is 32.4. The van der Waals surface area contributed by atoms with E-state index in [1.807, 2.05) is 36.9 Å². The van der Waals surface area contributed by atoms with Crippen LogP contribution in [0.3, 0.4) is 0 Å². The summed E-state index contributed by atoms with van der Waals surface area (Å²) >= 11 is 0. The van der Waals surface area contributed by atoms with E-state index in [0.717, 1.165) is 11.1 Å². The van der Waals surface area contributed by atoms with E-state index in [-0.39, 0.29) is 12.5 Å². The fourth-order valence-electron chi connectivity index (χ4n) is 4.34. The molecule has 4 rings (SSSR count). The molecule has 7 heteroatoms. The maximum Gasteiger partial charge on any atom is 0.282 e. The van der Waals surface area contributed by atoms with Crippen molar-refractivity contribution < 1.29 is 19.1 Å². The number of nitrogens with zero attached hydrogens (tertiary/aromatic N) is 3. The molecule has 1 fully saturated rings. The molecule has 162 valence electrons. The quantitative estimate of drug-likeness (QED) is 0.748. The number of anilines is 1. The third-order valence-electron chi connectivity index (χ3n) is 5.76. The van der Waals surface area contributed by atoms with Crippen molar-refractivity contribution in [2.75, 3.05) is 44.2 Å². The van der Waals surface area contributed by atoms with Gasteiger partial charge < -0.3 is 10.0 Å². The Morgan fingerprint density at radius 3 is 2.10 bits per heavy atom. The zero-order valence-corrected chi connectivity index (χ0v) is 17.8. The first-order valence-corrected chi connectivity index (χ1v) is 10.4. The van der Waals surface area contributed by atoms with E-state index >= 15 is 0 Å². The Kier molecular flexibility index (Phi) is 5.89. The minimum atomic E-state index is -0.397. The molecule has 6 nitrogen and oxygen atoms in total. The second-order valence-electron chi connectivity index (χ2n) is 8.07. The minimum absolute atomic E-state index is 0.0848. The lowest BCUT2D eigenvalue weighted by Crippen LogP contribution is -2.48. The monoisotopic (exact) mass is 423 g/mol. The smallest absolute Gasteiger partial charge is 0.282 e. The molecule has 0 atom stereocenters. The number of aliphatic hydroxyl groups excluding tert-OH is 1. The lowest BCUT2D eigenvalue weighted by molar-refractivity contribution is -0.120. The van der Waals surface area contributed by atoms with Crippen LogP contribution in [-0.4, -0.2) is 66.1 Å². The highest BCUT2D eigenvalue weighted by molar-refractivity contribution is 6.45. The third-order valence-corrected chi connectivity index (χ3v) is 5.76. The molecule has 2 amide bonds. The maximum atomic E-state index is 13.6. The Hall–Kier alpha value is -3.03. The zero-order valence-electron chi connectivity index (χ0n) is 17.8. The number of piperazine rings is 1. The number of rotatable bonds is 5. The minimum Gasteiger partial charge on any atom is -0.395 e. The normalized spacial score (nSPS) is 17.8. The Labute approximate surface area is 181 Å². The molecule has 0 saturated carbocycles. The number of halogens is 1. The number of imide groups is 1. The fraction of sp³-hybridized carbons (Fsp3) is 0.333. The van der Waals surface area contributed by atoms with Crippen LogP contribution in [-0.2, 0) is 9.59 Å². The number of β-amino-alcohol motifs (C(OH)–C–C–N with tert-alkyl or cyclic N) is 1. The third kappa shape index (κ3) is 4.11. The number of benzene rings is 2. The molecule has 2 aliphatic rings. The standard InChI is InChI=1S/C24H26FN3O3/c1-16-13-17(2)15-20(14-16)28-23(30)21(18-3-5-19(25)6-4-18)22(24(28)31)27-9-7-26(8-10-27)11-12-29/h3-6,13-15,29H,7-12H2,1-2H3. The molecule has 31 heavy (non-hydrogen) atoms. The summed E-state index contributed by atoms with van der Waals surface area (Å²) in [6.07, 6.45) is 0. The first kappa shape index (κ1) is 21.2. The fourth-order valence-corrected chi connectivity index (χ4v) is 4.34. The van der Waals surface area contributed by atoms with Crippen molar-refractivity contribution in [2.24, 2.45) is 0 Å². The summed E-state index contributed by atoms with van der Waals surface area (Å²) < 4.78 is 13.5. The van der Waals surface area contributed by atoms with Crippen molar-refractivity contribution in [1.82, 2.24) is 9.80 Å². The van der Waals surface area contributed by atoms with Crippen LogP contribution in [0.2, 0.25) is 0 Å². The number of carbonyl (C=O) groups excluding carboxylic acids is 2. The Morgan fingerprint density at radius 2 is 1.52 bits per heavy atom. The van der Waals surface area contributed by atoms with Crippen molar-refractivity contribution in [3.63, 3.8) is 0 Å². The summed E-state index contributed by atoms with van der Waals surface area (Å²) in [7, 11) is 0. The van der Waals surface area contributed by atoms with Crippen LogP contribution in [0.15, 0.2) is 48.2 Å². The van der Waals surface area contributed by atoms with E-state index in [9.17, 15) is 19.1 Å². The highest BCUT2D eigenvalue weighted by atomic mass is 19.1. The Morgan fingerprint density at radius 1 is 0.903 bits per heavy atom. The Balaban J connectivity index is 1.75. The van der Waals surface area contributed by atoms with Gasteiger partial charge in [-0.3, -0.25) is 14.5 Å². The van der Waals surface area contributed by atoms with E-state index in [0.29, 0.717) is 55.2 Å². The molecule has 2 aromatic rings. The molecule has 0 unspecified atom stereocenters. The molecule has 0 bridgehead atoms. The zero-order chi connectivity index (χ0) is 22.1. The average molecular weight is 423 g/mol. The summed E-state index contributed by atoms with van der Waals surface area (Å²) in [5.41, 5.74) is 3.66. The van der Waals surface area contributed by atoms with Crippen LogP contribution in [0, 0.1) is 19.7 Å².